The molecule has 0 amide bonds. The maximum Gasteiger partial charge on any atom is 0.416 e. The van der Waals surface area contributed by atoms with Crippen LogP contribution in [-0.2, 0) is 11.7 Å². The van der Waals surface area contributed by atoms with E-state index in [9.17, 15) is 13.2 Å². The van der Waals surface area contributed by atoms with E-state index in [1.165, 1.54) is 6.07 Å². The Hall–Kier alpha value is -1.03. The summed E-state index contributed by atoms with van der Waals surface area (Å²) in [5, 5.41) is 3.14. The summed E-state index contributed by atoms with van der Waals surface area (Å²) < 4.78 is 38.5. The maximum atomic E-state index is 12.8. The molecule has 0 bridgehead atoms. The molecule has 88 valence electrons. The Kier molecular flexibility index (Phi) is 2.70. The Bertz CT molecular complexity index is 375. The molecule has 4 heteroatoms. The molecule has 0 aliphatic carbocycles. The number of hydrogen-bond acceptors (Lipinski definition) is 1. The first-order valence-electron chi connectivity index (χ1n) is 5.41. The van der Waals surface area contributed by atoms with Crippen LogP contribution < -0.4 is 5.32 Å². The second-order valence-corrected chi connectivity index (χ2v) is 4.16. The van der Waals surface area contributed by atoms with Crippen molar-refractivity contribution in [2.24, 2.45) is 0 Å². The number of halogens is 3. The summed E-state index contributed by atoms with van der Waals surface area (Å²) in [6.07, 6.45) is -2.81. The molecule has 1 heterocycles. The number of benzene rings is 1. The van der Waals surface area contributed by atoms with Crippen molar-refractivity contribution in [3.63, 3.8) is 0 Å². The van der Waals surface area contributed by atoms with Crippen LogP contribution in [-0.4, -0.2) is 6.54 Å². The Morgan fingerprint density at radius 2 is 1.94 bits per heavy atom. The summed E-state index contributed by atoms with van der Waals surface area (Å²) in [6, 6.07) is 5.85. The molecule has 0 aromatic heterocycles. The highest BCUT2D eigenvalue weighted by atomic mass is 19.4. The topological polar surface area (TPSA) is 12.0 Å². The van der Waals surface area contributed by atoms with Gasteiger partial charge < -0.3 is 5.32 Å². The smallest absolute Gasteiger partial charge is 0.307 e. The van der Waals surface area contributed by atoms with Crippen molar-refractivity contribution in [2.75, 3.05) is 6.54 Å². The fourth-order valence-electron chi connectivity index (χ4n) is 2.30. The molecule has 1 nitrogen and oxygen atoms in total. The van der Waals surface area contributed by atoms with Crippen LogP contribution in [0.25, 0.3) is 0 Å². The van der Waals surface area contributed by atoms with Gasteiger partial charge in [0.15, 0.2) is 0 Å². The Morgan fingerprint density at radius 1 is 1.31 bits per heavy atom. The van der Waals surface area contributed by atoms with Crippen molar-refractivity contribution in [1.29, 1.82) is 0 Å². The summed E-state index contributed by atoms with van der Waals surface area (Å²) in [4.78, 5) is 0. The Morgan fingerprint density at radius 3 is 2.38 bits per heavy atom. The molecule has 1 aromatic rings. The molecule has 0 saturated carbocycles. The normalized spacial score (nSPS) is 25.2. The van der Waals surface area contributed by atoms with E-state index >= 15 is 0 Å². The van der Waals surface area contributed by atoms with Crippen molar-refractivity contribution in [1.82, 2.24) is 5.32 Å². The predicted molar refractivity (Wildman–Crippen MR) is 56.0 cm³/mol. The van der Waals surface area contributed by atoms with Gasteiger partial charge in [0, 0.05) is 5.54 Å². The molecule has 2 rings (SSSR count). The van der Waals surface area contributed by atoms with Gasteiger partial charge in [0.1, 0.15) is 0 Å². The zero-order chi connectivity index (χ0) is 11.8. The first-order valence-corrected chi connectivity index (χ1v) is 5.41. The Balaban J connectivity index is 2.48. The lowest BCUT2D eigenvalue weighted by Crippen LogP contribution is -2.54. The van der Waals surface area contributed by atoms with Gasteiger partial charge in [-0.3, -0.25) is 0 Å². The van der Waals surface area contributed by atoms with Crippen LogP contribution in [0.3, 0.4) is 0 Å². The van der Waals surface area contributed by atoms with Crippen molar-refractivity contribution >= 4 is 0 Å². The van der Waals surface area contributed by atoms with Gasteiger partial charge in [0.05, 0.1) is 5.56 Å². The summed E-state index contributed by atoms with van der Waals surface area (Å²) in [6.45, 7) is 2.71. The Labute approximate surface area is 92.7 Å². The van der Waals surface area contributed by atoms with Crippen LogP contribution in [0.2, 0.25) is 0 Å². The molecule has 1 aliphatic heterocycles. The molecule has 0 spiro atoms. The fraction of sp³-hybridized carbons (Fsp3) is 0.500. The third-order valence-electron chi connectivity index (χ3n) is 3.37. The van der Waals surface area contributed by atoms with Crippen LogP contribution in [0.15, 0.2) is 24.3 Å². The summed E-state index contributed by atoms with van der Waals surface area (Å²) in [5.41, 5.74) is -0.591. The van der Waals surface area contributed by atoms with Gasteiger partial charge in [-0.15, -0.1) is 0 Å². The van der Waals surface area contributed by atoms with Crippen molar-refractivity contribution < 1.29 is 13.2 Å². The largest absolute Gasteiger partial charge is 0.416 e. The SMILES string of the molecule is CCC1(c2ccccc2C(F)(F)F)CCN1. The minimum absolute atomic E-state index is 0.385. The molecule has 0 radical (unpaired) electrons. The van der Waals surface area contributed by atoms with E-state index in [2.05, 4.69) is 5.32 Å². The van der Waals surface area contributed by atoms with Gasteiger partial charge in [-0.25, -0.2) is 0 Å². The van der Waals surface area contributed by atoms with E-state index in [1.54, 1.807) is 12.1 Å². The van der Waals surface area contributed by atoms with Crippen molar-refractivity contribution in [3.8, 4) is 0 Å². The maximum absolute atomic E-state index is 12.8. The summed E-state index contributed by atoms with van der Waals surface area (Å²) in [5.74, 6) is 0. The molecule has 1 fully saturated rings. The van der Waals surface area contributed by atoms with Gasteiger partial charge in [-0.1, -0.05) is 25.1 Å². The minimum atomic E-state index is -4.27. The zero-order valence-electron chi connectivity index (χ0n) is 9.06. The van der Waals surface area contributed by atoms with Crippen LogP contribution >= 0.6 is 0 Å². The lowest BCUT2D eigenvalue weighted by molar-refractivity contribution is -0.139. The third kappa shape index (κ3) is 1.71. The van der Waals surface area contributed by atoms with Crippen molar-refractivity contribution in [2.45, 2.75) is 31.5 Å². The van der Waals surface area contributed by atoms with E-state index in [4.69, 9.17) is 0 Å². The monoisotopic (exact) mass is 229 g/mol. The van der Waals surface area contributed by atoms with Crippen LogP contribution in [0.4, 0.5) is 13.2 Å². The van der Waals surface area contributed by atoms with Crippen LogP contribution in [0.1, 0.15) is 30.9 Å². The number of alkyl halides is 3. The number of nitrogens with one attached hydrogen (secondary N) is 1. The van der Waals surface area contributed by atoms with E-state index in [-0.39, 0.29) is 0 Å². The quantitative estimate of drug-likeness (QED) is 0.820. The molecule has 1 saturated heterocycles. The van der Waals surface area contributed by atoms with Gasteiger partial charge >= 0.3 is 6.18 Å². The van der Waals surface area contributed by atoms with E-state index in [1.807, 2.05) is 6.92 Å². The standard InChI is InChI=1S/C12H14F3N/c1-2-11(7-8-16-11)9-5-3-4-6-10(9)12(13,14)15/h3-6,16H,2,7-8H2,1H3. The van der Waals surface area contributed by atoms with Gasteiger partial charge in [-0.05, 0) is 31.0 Å². The van der Waals surface area contributed by atoms with Crippen molar-refractivity contribution in [3.05, 3.63) is 35.4 Å². The molecular formula is C12H14F3N. The summed E-state index contributed by atoms with van der Waals surface area (Å²) >= 11 is 0. The molecule has 1 atom stereocenters. The molecule has 1 N–H and O–H groups in total. The highest BCUT2D eigenvalue weighted by molar-refractivity contribution is 5.37. The highest BCUT2D eigenvalue weighted by Crippen LogP contribution is 2.42. The van der Waals surface area contributed by atoms with Crippen LogP contribution in [0, 0.1) is 0 Å². The van der Waals surface area contributed by atoms with Gasteiger partial charge in [0.25, 0.3) is 0 Å². The lowest BCUT2D eigenvalue weighted by atomic mass is 9.76. The second-order valence-electron chi connectivity index (χ2n) is 4.16. The average molecular weight is 229 g/mol. The highest BCUT2D eigenvalue weighted by Gasteiger charge is 2.43. The molecule has 1 aromatic carbocycles. The third-order valence-corrected chi connectivity index (χ3v) is 3.37. The first kappa shape index (κ1) is 11.5. The molecule has 16 heavy (non-hydrogen) atoms. The fourth-order valence-corrected chi connectivity index (χ4v) is 2.30. The number of hydrogen-bond donors (Lipinski definition) is 1. The molecule has 1 aliphatic rings. The molecular weight excluding hydrogens is 215 g/mol. The lowest BCUT2D eigenvalue weighted by Gasteiger charge is -2.44. The van der Waals surface area contributed by atoms with E-state index in [0.29, 0.717) is 12.0 Å². The zero-order valence-corrected chi connectivity index (χ0v) is 9.06. The first-order chi connectivity index (χ1) is 7.49. The van der Waals surface area contributed by atoms with Gasteiger partial charge in [-0.2, -0.15) is 13.2 Å². The predicted octanol–water partition coefficient (Wildman–Crippen LogP) is 3.30. The van der Waals surface area contributed by atoms with E-state index < -0.39 is 17.3 Å². The molecule has 1 unspecified atom stereocenters. The average Bonchev–Trinajstić information content (AvgIpc) is 2.16. The van der Waals surface area contributed by atoms with E-state index in [0.717, 1.165) is 19.0 Å². The minimum Gasteiger partial charge on any atom is -0.307 e. The second kappa shape index (κ2) is 3.77. The summed E-state index contributed by atoms with van der Waals surface area (Å²) in [7, 11) is 0. The van der Waals surface area contributed by atoms with Gasteiger partial charge in [0.2, 0.25) is 0 Å². The number of rotatable bonds is 2. The van der Waals surface area contributed by atoms with Crippen LogP contribution in [0.5, 0.6) is 0 Å².